The molecule has 6 heteroatoms. The summed E-state index contributed by atoms with van der Waals surface area (Å²) in [5, 5.41) is 0.566. The molecule has 0 spiro atoms. The minimum Gasteiger partial charge on any atom is -0.492 e. The van der Waals surface area contributed by atoms with Gasteiger partial charge in [0.1, 0.15) is 5.75 Å². The lowest BCUT2D eigenvalue weighted by Crippen LogP contribution is -2.45. The van der Waals surface area contributed by atoms with Gasteiger partial charge in [-0.15, -0.1) is 0 Å². The number of hydrogen-bond acceptors (Lipinski definition) is 3. The Morgan fingerprint density at radius 1 is 1.30 bits per heavy atom. The van der Waals surface area contributed by atoms with Crippen molar-refractivity contribution < 1.29 is 14.3 Å². The maximum atomic E-state index is 12.4. The topological polar surface area (TPSA) is 72.6 Å². The second kappa shape index (κ2) is 8.77. The first-order valence-corrected chi connectivity index (χ1v) is 8.41. The van der Waals surface area contributed by atoms with Gasteiger partial charge >= 0.3 is 0 Å². The number of piperidine rings is 1. The summed E-state index contributed by atoms with van der Waals surface area (Å²) in [4.78, 5) is 25.3. The summed E-state index contributed by atoms with van der Waals surface area (Å²) in [7, 11) is 0. The third-order valence-corrected chi connectivity index (χ3v) is 4.33. The Bertz CT molecular complexity index is 550. The number of carbonyl (C=O) groups is 2. The van der Waals surface area contributed by atoms with E-state index in [2.05, 4.69) is 0 Å². The van der Waals surface area contributed by atoms with Gasteiger partial charge in [-0.1, -0.05) is 23.7 Å². The van der Waals surface area contributed by atoms with Gasteiger partial charge in [0.15, 0.2) is 0 Å². The molecular weight excluding hydrogens is 316 g/mol. The van der Waals surface area contributed by atoms with E-state index in [9.17, 15) is 9.59 Å². The van der Waals surface area contributed by atoms with Crippen molar-refractivity contribution in [2.24, 2.45) is 5.73 Å². The van der Waals surface area contributed by atoms with Gasteiger partial charge in [0.25, 0.3) is 0 Å². The second-order valence-electron chi connectivity index (χ2n) is 5.79. The average Bonchev–Trinajstić information content (AvgIpc) is 2.53. The molecule has 1 atom stereocenters. The number of rotatable bonds is 7. The fourth-order valence-corrected chi connectivity index (χ4v) is 3.07. The summed E-state index contributed by atoms with van der Waals surface area (Å²) in [6, 6.07) is 7.22. The van der Waals surface area contributed by atoms with Crippen molar-refractivity contribution in [1.82, 2.24) is 4.90 Å². The number of para-hydroxylation sites is 1. The van der Waals surface area contributed by atoms with Gasteiger partial charge < -0.3 is 15.4 Å². The van der Waals surface area contributed by atoms with Crippen LogP contribution in [-0.2, 0) is 9.59 Å². The van der Waals surface area contributed by atoms with E-state index in [4.69, 9.17) is 22.1 Å². The summed E-state index contributed by atoms with van der Waals surface area (Å²) in [6.45, 7) is 1.14. The summed E-state index contributed by atoms with van der Waals surface area (Å²) >= 11 is 6.01. The Kier molecular flexibility index (Phi) is 6.71. The zero-order valence-electron chi connectivity index (χ0n) is 13.2. The lowest BCUT2D eigenvalue weighted by Gasteiger charge is -2.35. The van der Waals surface area contributed by atoms with Crippen molar-refractivity contribution in [2.75, 3.05) is 13.2 Å². The molecule has 2 rings (SSSR count). The van der Waals surface area contributed by atoms with Gasteiger partial charge in [-0.3, -0.25) is 9.59 Å². The third kappa shape index (κ3) is 5.43. The number of ether oxygens (including phenoxy) is 1. The van der Waals surface area contributed by atoms with Crippen LogP contribution in [-0.4, -0.2) is 35.9 Å². The highest BCUT2D eigenvalue weighted by Crippen LogP contribution is 2.24. The van der Waals surface area contributed by atoms with Gasteiger partial charge in [0.05, 0.1) is 11.6 Å². The molecule has 0 aliphatic carbocycles. The van der Waals surface area contributed by atoms with E-state index in [1.54, 1.807) is 12.1 Å². The van der Waals surface area contributed by atoms with E-state index < -0.39 is 0 Å². The van der Waals surface area contributed by atoms with Gasteiger partial charge in [0, 0.05) is 25.4 Å². The van der Waals surface area contributed by atoms with Gasteiger partial charge in [-0.25, -0.2) is 0 Å². The van der Waals surface area contributed by atoms with Crippen molar-refractivity contribution >= 4 is 23.4 Å². The van der Waals surface area contributed by atoms with Crippen LogP contribution in [0.5, 0.6) is 5.75 Å². The smallest absolute Gasteiger partial charge is 0.222 e. The van der Waals surface area contributed by atoms with E-state index in [-0.39, 0.29) is 24.3 Å². The fourth-order valence-electron chi connectivity index (χ4n) is 2.88. The molecule has 2 amide bonds. The SMILES string of the molecule is NC(=O)CC1CCCCN1C(=O)CCCOc1ccccc1Cl. The predicted octanol–water partition coefficient (Wildman–Crippen LogP) is 2.76. The molecule has 126 valence electrons. The number of amides is 2. The van der Waals surface area contributed by atoms with E-state index in [0.29, 0.717) is 36.8 Å². The maximum absolute atomic E-state index is 12.4. The van der Waals surface area contributed by atoms with Gasteiger partial charge in [-0.2, -0.15) is 0 Å². The van der Waals surface area contributed by atoms with Crippen LogP contribution >= 0.6 is 11.6 Å². The van der Waals surface area contributed by atoms with Crippen LogP contribution in [0.3, 0.4) is 0 Å². The number of primary amides is 1. The Balaban J connectivity index is 1.77. The van der Waals surface area contributed by atoms with Crippen molar-refractivity contribution in [3.63, 3.8) is 0 Å². The maximum Gasteiger partial charge on any atom is 0.222 e. The minimum atomic E-state index is -0.350. The number of benzene rings is 1. The number of carbonyl (C=O) groups excluding carboxylic acids is 2. The summed E-state index contributed by atoms with van der Waals surface area (Å²) in [6.07, 6.45) is 4.14. The first kappa shape index (κ1) is 17.6. The van der Waals surface area contributed by atoms with Crippen LogP contribution in [0.25, 0.3) is 0 Å². The molecule has 1 aromatic rings. The lowest BCUT2D eigenvalue weighted by atomic mass is 9.98. The molecule has 5 nitrogen and oxygen atoms in total. The molecule has 0 radical (unpaired) electrons. The summed E-state index contributed by atoms with van der Waals surface area (Å²) < 4.78 is 5.59. The van der Waals surface area contributed by atoms with Crippen LogP contribution in [0, 0.1) is 0 Å². The Hall–Kier alpha value is -1.75. The molecule has 1 fully saturated rings. The Morgan fingerprint density at radius 2 is 2.09 bits per heavy atom. The zero-order valence-corrected chi connectivity index (χ0v) is 13.9. The second-order valence-corrected chi connectivity index (χ2v) is 6.20. The highest BCUT2D eigenvalue weighted by Gasteiger charge is 2.27. The third-order valence-electron chi connectivity index (χ3n) is 4.01. The molecule has 0 bridgehead atoms. The summed E-state index contributed by atoms with van der Waals surface area (Å²) in [5.41, 5.74) is 5.28. The van der Waals surface area contributed by atoms with E-state index in [0.717, 1.165) is 19.3 Å². The van der Waals surface area contributed by atoms with Crippen LogP contribution in [0.1, 0.15) is 38.5 Å². The molecule has 1 aliphatic heterocycles. The lowest BCUT2D eigenvalue weighted by molar-refractivity contribution is -0.136. The molecular formula is C17H23ClN2O3. The highest BCUT2D eigenvalue weighted by molar-refractivity contribution is 6.32. The summed E-state index contributed by atoms with van der Waals surface area (Å²) in [5.74, 6) is 0.349. The van der Waals surface area contributed by atoms with Crippen molar-refractivity contribution in [1.29, 1.82) is 0 Å². The van der Waals surface area contributed by atoms with E-state index in [1.165, 1.54) is 0 Å². The standard InChI is InChI=1S/C17H23ClN2O3/c18-14-7-1-2-8-15(14)23-11-5-9-17(22)20-10-4-3-6-13(20)12-16(19)21/h1-2,7-8,13H,3-6,9-12H2,(H2,19,21). The van der Waals surface area contributed by atoms with E-state index >= 15 is 0 Å². The van der Waals surface area contributed by atoms with Crippen LogP contribution in [0.2, 0.25) is 5.02 Å². The number of nitrogens with zero attached hydrogens (tertiary/aromatic N) is 1. The van der Waals surface area contributed by atoms with Crippen LogP contribution in [0.4, 0.5) is 0 Å². The monoisotopic (exact) mass is 338 g/mol. The quantitative estimate of drug-likeness (QED) is 0.777. The molecule has 0 aromatic heterocycles. The van der Waals surface area contributed by atoms with Crippen LogP contribution < -0.4 is 10.5 Å². The highest BCUT2D eigenvalue weighted by atomic mass is 35.5. The molecule has 1 saturated heterocycles. The van der Waals surface area contributed by atoms with Crippen molar-refractivity contribution in [2.45, 2.75) is 44.6 Å². The average molecular weight is 339 g/mol. The van der Waals surface area contributed by atoms with Crippen molar-refractivity contribution in [3.8, 4) is 5.75 Å². The first-order chi connectivity index (χ1) is 11.1. The molecule has 1 heterocycles. The predicted molar refractivity (Wildman–Crippen MR) is 89.3 cm³/mol. The Labute approximate surface area is 141 Å². The number of nitrogens with two attached hydrogens (primary N) is 1. The molecule has 0 saturated carbocycles. The van der Waals surface area contributed by atoms with Crippen LogP contribution in [0.15, 0.2) is 24.3 Å². The zero-order chi connectivity index (χ0) is 16.7. The normalized spacial score (nSPS) is 17.8. The Morgan fingerprint density at radius 3 is 2.83 bits per heavy atom. The largest absolute Gasteiger partial charge is 0.492 e. The van der Waals surface area contributed by atoms with E-state index in [1.807, 2.05) is 17.0 Å². The van der Waals surface area contributed by atoms with Gasteiger partial charge in [0.2, 0.25) is 11.8 Å². The molecule has 1 aromatic carbocycles. The van der Waals surface area contributed by atoms with Gasteiger partial charge in [-0.05, 0) is 37.8 Å². The molecule has 23 heavy (non-hydrogen) atoms. The minimum absolute atomic E-state index is 0.0433. The number of hydrogen-bond donors (Lipinski definition) is 1. The fraction of sp³-hybridized carbons (Fsp3) is 0.529. The molecule has 2 N–H and O–H groups in total. The van der Waals surface area contributed by atoms with Crippen molar-refractivity contribution in [3.05, 3.63) is 29.3 Å². The molecule has 1 aliphatic rings. The number of likely N-dealkylation sites (tertiary alicyclic amines) is 1. The molecule has 1 unspecified atom stereocenters. The number of halogens is 1. The first-order valence-electron chi connectivity index (χ1n) is 8.03.